The van der Waals surface area contributed by atoms with Crippen LogP contribution in [0.4, 0.5) is 0 Å². The van der Waals surface area contributed by atoms with Crippen molar-refractivity contribution in [1.29, 1.82) is 0 Å². The van der Waals surface area contributed by atoms with E-state index in [1.165, 1.54) is 40.7 Å². The lowest BCUT2D eigenvalue weighted by atomic mass is 9.99. The number of thioether (sulfide) groups is 1. The largest absolute Gasteiger partial charge is 0.341 e. The first-order chi connectivity index (χ1) is 14.3. The molecule has 2 aromatic heterocycles. The van der Waals surface area contributed by atoms with Crippen LogP contribution in [0, 0.1) is 0 Å². The minimum atomic E-state index is 0.201. The van der Waals surface area contributed by atoms with Gasteiger partial charge >= 0.3 is 0 Å². The van der Waals surface area contributed by atoms with Crippen LogP contribution in [0.2, 0.25) is 0 Å². The number of carbonyl (C=O) groups excluding carboxylic acids is 1. The molecule has 0 radical (unpaired) electrons. The topological polar surface area (TPSA) is 63.9 Å². The van der Waals surface area contributed by atoms with Gasteiger partial charge < -0.3 is 9.47 Å². The van der Waals surface area contributed by atoms with E-state index in [-0.39, 0.29) is 5.91 Å². The Bertz CT molecular complexity index is 981. The number of para-hydroxylation sites is 1. The SMILES string of the molecule is O=C(CSc1nnc2n1CCCCC2)N1CCC[C@H](c2nc3ccccc3s2)C1. The van der Waals surface area contributed by atoms with Gasteiger partial charge in [-0.05, 0) is 37.8 Å². The summed E-state index contributed by atoms with van der Waals surface area (Å²) < 4.78 is 3.44. The number of hydrogen-bond donors (Lipinski definition) is 0. The summed E-state index contributed by atoms with van der Waals surface area (Å²) in [5.74, 6) is 2.06. The summed E-state index contributed by atoms with van der Waals surface area (Å²) >= 11 is 3.31. The lowest BCUT2D eigenvalue weighted by Crippen LogP contribution is -2.40. The molecule has 2 aliphatic rings. The third kappa shape index (κ3) is 4.05. The van der Waals surface area contributed by atoms with Crippen molar-refractivity contribution in [3.05, 3.63) is 35.1 Å². The van der Waals surface area contributed by atoms with Crippen molar-refractivity contribution in [2.45, 2.75) is 56.1 Å². The fourth-order valence-electron chi connectivity index (χ4n) is 4.25. The molecule has 29 heavy (non-hydrogen) atoms. The van der Waals surface area contributed by atoms with Gasteiger partial charge in [-0.1, -0.05) is 30.3 Å². The molecule has 0 unspecified atom stereocenters. The zero-order valence-electron chi connectivity index (χ0n) is 16.4. The molecule has 6 nitrogen and oxygen atoms in total. The predicted octanol–water partition coefficient (Wildman–Crippen LogP) is 4.11. The number of thiazole rings is 1. The van der Waals surface area contributed by atoms with Crippen LogP contribution in [0.1, 0.15) is 48.9 Å². The van der Waals surface area contributed by atoms with Gasteiger partial charge in [0.2, 0.25) is 5.91 Å². The molecule has 8 heteroatoms. The summed E-state index contributed by atoms with van der Waals surface area (Å²) in [5.41, 5.74) is 1.07. The van der Waals surface area contributed by atoms with Crippen LogP contribution in [0.15, 0.2) is 29.4 Å². The molecule has 5 rings (SSSR count). The first-order valence-corrected chi connectivity index (χ1v) is 12.3. The molecule has 3 aromatic rings. The summed E-state index contributed by atoms with van der Waals surface area (Å²) in [7, 11) is 0. The number of likely N-dealkylation sites (tertiary alicyclic amines) is 1. The normalized spacial score (nSPS) is 19.9. The summed E-state index contributed by atoms with van der Waals surface area (Å²) in [4.78, 5) is 19.8. The molecule has 0 saturated carbocycles. The fraction of sp³-hybridized carbons (Fsp3) is 0.524. The highest BCUT2D eigenvalue weighted by Crippen LogP contribution is 2.33. The molecule has 1 saturated heterocycles. The molecule has 1 fully saturated rings. The number of aromatic nitrogens is 4. The number of aryl methyl sites for hydroxylation is 1. The maximum absolute atomic E-state index is 12.9. The van der Waals surface area contributed by atoms with Crippen LogP contribution in [0.25, 0.3) is 10.2 Å². The molecular formula is C21H25N5OS2. The second-order valence-electron chi connectivity index (χ2n) is 7.85. The second kappa shape index (κ2) is 8.44. The minimum Gasteiger partial charge on any atom is -0.341 e. The van der Waals surface area contributed by atoms with Gasteiger partial charge in [0.25, 0.3) is 0 Å². The van der Waals surface area contributed by atoms with Crippen LogP contribution in [-0.2, 0) is 17.8 Å². The van der Waals surface area contributed by atoms with Crippen molar-refractivity contribution in [3.8, 4) is 0 Å². The van der Waals surface area contributed by atoms with E-state index in [0.29, 0.717) is 11.7 Å². The summed E-state index contributed by atoms with van der Waals surface area (Å²) in [5, 5.41) is 10.7. The average Bonchev–Trinajstić information content (AvgIpc) is 3.29. The number of hydrogen-bond acceptors (Lipinski definition) is 6. The number of piperidine rings is 1. The van der Waals surface area contributed by atoms with Crippen molar-refractivity contribution in [2.24, 2.45) is 0 Å². The summed E-state index contributed by atoms with van der Waals surface area (Å²) in [6.07, 6.45) is 6.74. The molecule has 0 aliphatic carbocycles. The van der Waals surface area contributed by atoms with Gasteiger partial charge in [-0.25, -0.2) is 4.98 Å². The number of carbonyl (C=O) groups is 1. The maximum Gasteiger partial charge on any atom is 0.233 e. The van der Waals surface area contributed by atoms with E-state index in [2.05, 4.69) is 33.0 Å². The molecule has 1 amide bonds. The van der Waals surface area contributed by atoms with Crippen LogP contribution >= 0.6 is 23.1 Å². The van der Waals surface area contributed by atoms with Crippen molar-refractivity contribution < 1.29 is 4.79 Å². The monoisotopic (exact) mass is 427 g/mol. The Morgan fingerprint density at radius 2 is 2.07 bits per heavy atom. The van der Waals surface area contributed by atoms with Crippen molar-refractivity contribution in [3.63, 3.8) is 0 Å². The zero-order chi connectivity index (χ0) is 19.6. The fourth-order valence-corrected chi connectivity index (χ4v) is 6.23. The lowest BCUT2D eigenvalue weighted by Gasteiger charge is -2.31. The Morgan fingerprint density at radius 1 is 1.14 bits per heavy atom. The molecule has 4 heterocycles. The number of amides is 1. The number of fused-ring (bicyclic) bond motifs is 2. The van der Waals surface area contributed by atoms with Gasteiger partial charge in [-0.15, -0.1) is 21.5 Å². The summed E-state index contributed by atoms with van der Waals surface area (Å²) in [6, 6.07) is 8.29. The first kappa shape index (κ1) is 19.1. The maximum atomic E-state index is 12.9. The molecule has 0 spiro atoms. The third-order valence-electron chi connectivity index (χ3n) is 5.83. The highest BCUT2D eigenvalue weighted by Gasteiger charge is 2.27. The average molecular weight is 428 g/mol. The predicted molar refractivity (Wildman–Crippen MR) is 116 cm³/mol. The second-order valence-corrected chi connectivity index (χ2v) is 9.85. The Labute approximate surface area is 178 Å². The van der Waals surface area contributed by atoms with E-state index >= 15 is 0 Å². The third-order valence-corrected chi connectivity index (χ3v) is 7.98. The molecule has 1 aromatic carbocycles. The highest BCUT2D eigenvalue weighted by atomic mass is 32.2. The van der Waals surface area contributed by atoms with Crippen LogP contribution in [-0.4, -0.2) is 49.4 Å². The van der Waals surface area contributed by atoms with E-state index < -0.39 is 0 Å². The Kier molecular flexibility index (Phi) is 5.54. The van der Waals surface area contributed by atoms with Gasteiger partial charge in [0, 0.05) is 32.0 Å². The lowest BCUT2D eigenvalue weighted by molar-refractivity contribution is -0.129. The number of nitrogens with zero attached hydrogens (tertiary/aromatic N) is 5. The van der Waals surface area contributed by atoms with Crippen molar-refractivity contribution >= 4 is 39.2 Å². The van der Waals surface area contributed by atoms with Gasteiger partial charge in [-0.3, -0.25) is 4.79 Å². The van der Waals surface area contributed by atoms with E-state index in [4.69, 9.17) is 4.98 Å². The smallest absolute Gasteiger partial charge is 0.233 e. The van der Waals surface area contributed by atoms with Crippen LogP contribution in [0.5, 0.6) is 0 Å². The molecule has 1 atom stereocenters. The molecule has 2 aliphatic heterocycles. The first-order valence-electron chi connectivity index (χ1n) is 10.5. The summed E-state index contributed by atoms with van der Waals surface area (Å²) in [6.45, 7) is 2.60. The van der Waals surface area contributed by atoms with Gasteiger partial charge in [-0.2, -0.15) is 0 Å². The van der Waals surface area contributed by atoms with E-state index in [1.54, 1.807) is 11.3 Å². The molecule has 0 N–H and O–H groups in total. The Morgan fingerprint density at radius 3 is 3.00 bits per heavy atom. The van der Waals surface area contributed by atoms with Gasteiger partial charge in [0.15, 0.2) is 5.16 Å². The van der Waals surface area contributed by atoms with E-state index in [0.717, 1.165) is 55.4 Å². The van der Waals surface area contributed by atoms with E-state index in [9.17, 15) is 4.79 Å². The molecular weight excluding hydrogens is 402 g/mol. The van der Waals surface area contributed by atoms with Crippen LogP contribution in [0.3, 0.4) is 0 Å². The van der Waals surface area contributed by atoms with Gasteiger partial charge in [0.1, 0.15) is 5.82 Å². The molecule has 0 bridgehead atoms. The Balaban J connectivity index is 1.23. The van der Waals surface area contributed by atoms with Crippen molar-refractivity contribution in [2.75, 3.05) is 18.8 Å². The van der Waals surface area contributed by atoms with Gasteiger partial charge in [0.05, 0.1) is 21.0 Å². The van der Waals surface area contributed by atoms with Crippen molar-refractivity contribution in [1.82, 2.24) is 24.6 Å². The minimum absolute atomic E-state index is 0.201. The highest BCUT2D eigenvalue weighted by molar-refractivity contribution is 7.99. The zero-order valence-corrected chi connectivity index (χ0v) is 18.1. The number of benzene rings is 1. The quantitative estimate of drug-likeness (QED) is 0.586. The molecule has 152 valence electrons. The Hall–Kier alpha value is -1.93. The van der Waals surface area contributed by atoms with E-state index in [1.807, 2.05) is 11.0 Å². The van der Waals surface area contributed by atoms with Crippen LogP contribution < -0.4 is 0 Å². The standard InChI is InChI=1S/C21H25N5OS2/c27-19(14-28-21-24-23-18-10-2-1-5-12-26(18)21)25-11-6-7-15(13-25)20-22-16-8-3-4-9-17(16)29-20/h3-4,8-9,15H,1-2,5-7,10-14H2/t15-/m0/s1. The number of rotatable bonds is 4.